The molecule has 88 valence electrons. The van der Waals surface area contributed by atoms with Gasteiger partial charge in [0.15, 0.2) is 5.82 Å². The van der Waals surface area contributed by atoms with Crippen LogP contribution >= 0.6 is 11.6 Å². The van der Waals surface area contributed by atoms with Crippen LogP contribution in [0.4, 0.5) is 0 Å². The van der Waals surface area contributed by atoms with E-state index in [1.54, 1.807) is 25.1 Å². The normalized spacial score (nSPS) is 10.5. The molecule has 0 unspecified atom stereocenters. The van der Waals surface area contributed by atoms with Gasteiger partial charge in [-0.25, -0.2) is 4.98 Å². The zero-order valence-corrected chi connectivity index (χ0v) is 9.94. The number of nitrogens with zero attached hydrogens (tertiary/aromatic N) is 3. The van der Waals surface area contributed by atoms with Gasteiger partial charge < -0.3 is 4.74 Å². The average Bonchev–Trinajstić information content (AvgIpc) is 2.30. The van der Waals surface area contributed by atoms with Gasteiger partial charge in [0.2, 0.25) is 0 Å². The van der Waals surface area contributed by atoms with Crippen LogP contribution in [0.1, 0.15) is 12.7 Å². The van der Waals surface area contributed by atoms with Gasteiger partial charge in [0, 0.05) is 0 Å². The molecule has 2 rings (SSSR count). The maximum absolute atomic E-state index is 11.3. The van der Waals surface area contributed by atoms with Crippen LogP contribution in [0.5, 0.6) is 0 Å². The molecule has 0 amide bonds. The maximum Gasteiger partial charge on any atom is 0.313 e. The minimum absolute atomic E-state index is 0.00199. The standard InChI is InChI=1S/C11H10ClN3O2/c1-2-17-10(16)6-9-13-11-7(12)4-3-5-8(11)14-15-9/h3-5H,2,6H2,1H3. The van der Waals surface area contributed by atoms with Crippen LogP contribution in [0, 0.1) is 0 Å². The van der Waals surface area contributed by atoms with E-state index in [-0.39, 0.29) is 12.4 Å². The van der Waals surface area contributed by atoms with Crippen molar-refractivity contribution >= 4 is 28.6 Å². The van der Waals surface area contributed by atoms with Gasteiger partial charge in [0.25, 0.3) is 0 Å². The number of carbonyl (C=O) groups excluding carboxylic acids is 1. The summed E-state index contributed by atoms with van der Waals surface area (Å²) in [5, 5.41) is 8.29. The Labute approximate surface area is 103 Å². The Morgan fingerprint density at radius 2 is 2.24 bits per heavy atom. The zero-order chi connectivity index (χ0) is 12.3. The van der Waals surface area contributed by atoms with Crippen molar-refractivity contribution in [2.45, 2.75) is 13.3 Å². The third-order valence-electron chi connectivity index (χ3n) is 2.09. The van der Waals surface area contributed by atoms with Crippen LogP contribution in [-0.4, -0.2) is 27.8 Å². The highest BCUT2D eigenvalue weighted by Crippen LogP contribution is 2.18. The second-order valence-electron chi connectivity index (χ2n) is 3.32. The molecule has 1 aromatic carbocycles. The number of aromatic nitrogens is 3. The summed E-state index contributed by atoms with van der Waals surface area (Å²) >= 11 is 5.98. The first-order valence-corrected chi connectivity index (χ1v) is 5.52. The molecule has 0 aliphatic heterocycles. The van der Waals surface area contributed by atoms with Crippen molar-refractivity contribution in [2.75, 3.05) is 6.61 Å². The highest BCUT2D eigenvalue weighted by Gasteiger charge is 2.09. The summed E-state index contributed by atoms with van der Waals surface area (Å²) in [4.78, 5) is 15.5. The quantitative estimate of drug-likeness (QED) is 0.778. The molecule has 0 spiro atoms. The lowest BCUT2D eigenvalue weighted by Crippen LogP contribution is -2.11. The molecule has 2 aromatic rings. The van der Waals surface area contributed by atoms with E-state index in [4.69, 9.17) is 16.3 Å². The number of ether oxygens (including phenoxy) is 1. The Bertz CT molecular complexity index is 559. The SMILES string of the molecule is CCOC(=O)Cc1nnc2cccc(Cl)c2n1. The van der Waals surface area contributed by atoms with Gasteiger partial charge in [-0.3, -0.25) is 4.79 Å². The molecule has 6 heteroatoms. The fraction of sp³-hybridized carbons (Fsp3) is 0.273. The molecule has 0 bridgehead atoms. The van der Waals surface area contributed by atoms with Crippen molar-refractivity contribution in [1.82, 2.24) is 15.2 Å². The van der Waals surface area contributed by atoms with E-state index in [0.29, 0.717) is 28.5 Å². The fourth-order valence-corrected chi connectivity index (χ4v) is 1.59. The molecule has 17 heavy (non-hydrogen) atoms. The predicted molar refractivity (Wildman–Crippen MR) is 62.7 cm³/mol. The maximum atomic E-state index is 11.3. The molecule has 0 aliphatic carbocycles. The minimum atomic E-state index is -0.374. The molecule has 0 N–H and O–H groups in total. The minimum Gasteiger partial charge on any atom is -0.466 e. The number of hydrogen-bond acceptors (Lipinski definition) is 5. The van der Waals surface area contributed by atoms with E-state index in [0.717, 1.165) is 0 Å². The van der Waals surface area contributed by atoms with Crippen molar-refractivity contribution in [1.29, 1.82) is 0 Å². The molecule has 0 radical (unpaired) electrons. The Hall–Kier alpha value is -1.75. The summed E-state index contributed by atoms with van der Waals surface area (Å²) in [6.45, 7) is 2.08. The molecule has 5 nitrogen and oxygen atoms in total. The fourth-order valence-electron chi connectivity index (χ4n) is 1.37. The zero-order valence-electron chi connectivity index (χ0n) is 9.18. The van der Waals surface area contributed by atoms with Crippen molar-refractivity contribution in [3.8, 4) is 0 Å². The summed E-state index contributed by atoms with van der Waals surface area (Å²) in [6.07, 6.45) is 0.00199. The number of benzene rings is 1. The first kappa shape index (κ1) is 11.7. The topological polar surface area (TPSA) is 65.0 Å². The van der Waals surface area contributed by atoms with Crippen LogP contribution in [0.2, 0.25) is 5.02 Å². The van der Waals surface area contributed by atoms with Crippen molar-refractivity contribution < 1.29 is 9.53 Å². The van der Waals surface area contributed by atoms with Crippen LogP contribution in [0.3, 0.4) is 0 Å². The number of hydrogen-bond donors (Lipinski definition) is 0. The van der Waals surface area contributed by atoms with Gasteiger partial charge in [0.1, 0.15) is 17.5 Å². The number of para-hydroxylation sites is 1. The average molecular weight is 252 g/mol. The molecule has 0 saturated heterocycles. The highest BCUT2D eigenvalue weighted by atomic mass is 35.5. The highest BCUT2D eigenvalue weighted by molar-refractivity contribution is 6.34. The van der Waals surface area contributed by atoms with Gasteiger partial charge in [-0.2, -0.15) is 0 Å². The van der Waals surface area contributed by atoms with Gasteiger partial charge in [-0.05, 0) is 19.1 Å². The molecule has 0 saturated carbocycles. The number of rotatable bonds is 3. The lowest BCUT2D eigenvalue weighted by molar-refractivity contribution is -0.142. The summed E-state index contributed by atoms with van der Waals surface area (Å²) in [5.74, 6) is -0.0650. The molecular formula is C11H10ClN3O2. The van der Waals surface area contributed by atoms with Crippen molar-refractivity contribution in [3.63, 3.8) is 0 Å². The van der Waals surface area contributed by atoms with E-state index in [1.807, 2.05) is 0 Å². The lowest BCUT2D eigenvalue weighted by Gasteiger charge is -2.02. The molecule has 0 aliphatic rings. The number of halogens is 1. The number of esters is 1. The Morgan fingerprint density at radius 3 is 3.00 bits per heavy atom. The molecule has 1 aromatic heterocycles. The van der Waals surface area contributed by atoms with Crippen molar-refractivity contribution in [3.05, 3.63) is 29.0 Å². The van der Waals surface area contributed by atoms with Crippen LogP contribution in [0.25, 0.3) is 11.0 Å². The van der Waals surface area contributed by atoms with Gasteiger partial charge in [0.05, 0.1) is 11.6 Å². The van der Waals surface area contributed by atoms with Crippen LogP contribution < -0.4 is 0 Å². The molecular weight excluding hydrogens is 242 g/mol. The Balaban J connectivity index is 2.31. The number of carbonyl (C=O) groups is 1. The van der Waals surface area contributed by atoms with E-state index in [2.05, 4.69) is 15.2 Å². The van der Waals surface area contributed by atoms with Gasteiger partial charge >= 0.3 is 5.97 Å². The van der Waals surface area contributed by atoms with E-state index >= 15 is 0 Å². The van der Waals surface area contributed by atoms with E-state index < -0.39 is 0 Å². The second kappa shape index (κ2) is 5.05. The lowest BCUT2D eigenvalue weighted by atomic mass is 10.3. The van der Waals surface area contributed by atoms with Gasteiger partial charge in [-0.15, -0.1) is 10.2 Å². The Kier molecular flexibility index (Phi) is 3.49. The van der Waals surface area contributed by atoms with Crippen LogP contribution in [-0.2, 0) is 16.0 Å². The molecule has 0 atom stereocenters. The first-order chi connectivity index (χ1) is 8.20. The smallest absolute Gasteiger partial charge is 0.313 e. The third-order valence-corrected chi connectivity index (χ3v) is 2.39. The van der Waals surface area contributed by atoms with E-state index in [9.17, 15) is 4.79 Å². The summed E-state index contributed by atoms with van der Waals surface area (Å²) in [7, 11) is 0. The number of fused-ring (bicyclic) bond motifs is 1. The summed E-state index contributed by atoms with van der Waals surface area (Å²) in [5.41, 5.74) is 1.15. The predicted octanol–water partition coefficient (Wildman–Crippen LogP) is 1.78. The summed E-state index contributed by atoms with van der Waals surface area (Å²) < 4.78 is 4.81. The largest absolute Gasteiger partial charge is 0.466 e. The monoisotopic (exact) mass is 251 g/mol. The van der Waals surface area contributed by atoms with Crippen LogP contribution in [0.15, 0.2) is 18.2 Å². The first-order valence-electron chi connectivity index (χ1n) is 5.14. The molecule has 0 fully saturated rings. The van der Waals surface area contributed by atoms with Crippen molar-refractivity contribution in [2.24, 2.45) is 0 Å². The van der Waals surface area contributed by atoms with E-state index in [1.165, 1.54) is 0 Å². The summed E-state index contributed by atoms with van der Waals surface area (Å²) in [6, 6.07) is 5.24. The molecule has 1 heterocycles. The Morgan fingerprint density at radius 1 is 1.41 bits per heavy atom. The third kappa shape index (κ3) is 2.68. The van der Waals surface area contributed by atoms with Gasteiger partial charge in [-0.1, -0.05) is 17.7 Å². The second-order valence-corrected chi connectivity index (χ2v) is 3.72.